The molecule has 1 rings (SSSR count). The topological polar surface area (TPSA) is 101 Å². The highest BCUT2D eigenvalue weighted by Gasteiger charge is 2.28. The lowest BCUT2D eigenvalue weighted by atomic mass is 9.87. The molecule has 0 aromatic heterocycles. The Morgan fingerprint density at radius 3 is 2.33 bits per heavy atom. The maximum Gasteiger partial charge on any atom is 0.241 e. The third-order valence-corrected chi connectivity index (χ3v) is 4.67. The molecule has 21 heavy (non-hydrogen) atoms. The number of benzene rings is 1. The molecule has 0 radical (unpaired) electrons. The van der Waals surface area contributed by atoms with Gasteiger partial charge in [0.05, 0.1) is 10.9 Å². The normalized spacial score (nSPS) is 13.8. The molecule has 0 aliphatic rings. The van der Waals surface area contributed by atoms with Crippen LogP contribution >= 0.6 is 0 Å². The smallest absolute Gasteiger partial charge is 0.241 e. The summed E-state index contributed by atoms with van der Waals surface area (Å²) in [6.45, 7) is 7.39. The zero-order valence-electron chi connectivity index (χ0n) is 13.0. The van der Waals surface area contributed by atoms with Gasteiger partial charge in [0.1, 0.15) is 0 Å². The summed E-state index contributed by atoms with van der Waals surface area (Å²) in [7, 11) is -2.22. The predicted molar refractivity (Wildman–Crippen MR) is 83.5 cm³/mol. The fourth-order valence-electron chi connectivity index (χ4n) is 1.62. The van der Waals surface area contributed by atoms with Crippen molar-refractivity contribution in [3.63, 3.8) is 0 Å². The van der Waals surface area contributed by atoms with Gasteiger partial charge in [0.2, 0.25) is 15.9 Å². The molecule has 1 atom stereocenters. The molecule has 1 amide bonds. The Bertz CT molecular complexity index is 633. The number of anilines is 1. The van der Waals surface area contributed by atoms with Gasteiger partial charge in [0, 0.05) is 5.69 Å². The summed E-state index contributed by atoms with van der Waals surface area (Å²) in [5, 5.41) is 2.70. The van der Waals surface area contributed by atoms with Crippen molar-refractivity contribution in [3.05, 3.63) is 23.8 Å². The van der Waals surface area contributed by atoms with Crippen molar-refractivity contribution in [1.82, 2.24) is 4.72 Å². The SMILES string of the molecule is CNS(=O)(=O)c1ccc(C)c(NC(=O)C(N)C(C)(C)C)c1. The van der Waals surface area contributed by atoms with Crippen molar-refractivity contribution in [1.29, 1.82) is 0 Å². The second-order valence-electron chi connectivity index (χ2n) is 6.02. The number of sulfonamides is 1. The number of carbonyl (C=O) groups is 1. The fraction of sp³-hybridized carbons (Fsp3) is 0.500. The van der Waals surface area contributed by atoms with E-state index in [1.807, 2.05) is 20.8 Å². The number of hydrogen-bond acceptors (Lipinski definition) is 4. The third kappa shape index (κ3) is 4.26. The second kappa shape index (κ2) is 6.13. The highest BCUT2D eigenvalue weighted by atomic mass is 32.2. The Morgan fingerprint density at radius 1 is 1.29 bits per heavy atom. The Kier molecular flexibility index (Phi) is 5.14. The van der Waals surface area contributed by atoms with Gasteiger partial charge in [-0.2, -0.15) is 0 Å². The van der Waals surface area contributed by atoms with Crippen molar-refractivity contribution in [2.75, 3.05) is 12.4 Å². The van der Waals surface area contributed by atoms with E-state index < -0.39 is 16.1 Å². The molecule has 0 aliphatic heterocycles. The van der Waals surface area contributed by atoms with Crippen molar-refractivity contribution in [2.24, 2.45) is 11.1 Å². The highest BCUT2D eigenvalue weighted by Crippen LogP contribution is 2.23. The number of nitrogens with two attached hydrogens (primary N) is 1. The largest absolute Gasteiger partial charge is 0.324 e. The van der Waals surface area contributed by atoms with Crippen LogP contribution in [0.25, 0.3) is 0 Å². The van der Waals surface area contributed by atoms with Crippen molar-refractivity contribution >= 4 is 21.6 Å². The quantitative estimate of drug-likeness (QED) is 0.777. The summed E-state index contributed by atoms with van der Waals surface area (Å²) in [5.74, 6) is -0.343. The number of hydrogen-bond donors (Lipinski definition) is 3. The molecule has 6 nitrogen and oxygen atoms in total. The van der Waals surface area contributed by atoms with E-state index in [1.54, 1.807) is 13.0 Å². The lowest BCUT2D eigenvalue weighted by molar-refractivity contribution is -0.119. The van der Waals surface area contributed by atoms with E-state index in [4.69, 9.17) is 5.73 Å². The molecule has 0 bridgehead atoms. The minimum atomic E-state index is -3.55. The Labute approximate surface area is 126 Å². The van der Waals surface area contributed by atoms with E-state index in [2.05, 4.69) is 10.0 Å². The first-order valence-corrected chi connectivity index (χ1v) is 8.08. The molecule has 0 heterocycles. The van der Waals surface area contributed by atoms with E-state index in [0.29, 0.717) is 5.69 Å². The lowest BCUT2D eigenvalue weighted by Crippen LogP contribution is -2.45. The zero-order chi connectivity index (χ0) is 16.4. The van der Waals surface area contributed by atoms with Crippen LogP contribution in [0.2, 0.25) is 0 Å². The molecule has 118 valence electrons. The number of aryl methyl sites for hydroxylation is 1. The Balaban J connectivity index is 3.10. The van der Waals surface area contributed by atoms with Crippen LogP contribution in [-0.2, 0) is 14.8 Å². The second-order valence-corrected chi connectivity index (χ2v) is 7.90. The molecule has 1 aromatic carbocycles. The van der Waals surface area contributed by atoms with Crippen LogP contribution < -0.4 is 15.8 Å². The van der Waals surface area contributed by atoms with Crippen LogP contribution in [0.15, 0.2) is 23.1 Å². The molecule has 4 N–H and O–H groups in total. The maximum absolute atomic E-state index is 12.1. The Morgan fingerprint density at radius 2 is 1.86 bits per heavy atom. The number of rotatable bonds is 4. The first kappa shape index (κ1) is 17.6. The molecule has 0 spiro atoms. The molecular formula is C14H23N3O3S. The average Bonchev–Trinajstić information content (AvgIpc) is 2.39. The summed E-state index contributed by atoms with van der Waals surface area (Å²) < 4.78 is 25.8. The van der Waals surface area contributed by atoms with Gasteiger partial charge in [-0.1, -0.05) is 26.8 Å². The van der Waals surface area contributed by atoms with E-state index in [1.165, 1.54) is 19.2 Å². The van der Waals surface area contributed by atoms with Crippen molar-refractivity contribution in [2.45, 2.75) is 38.6 Å². The molecule has 0 fully saturated rings. The number of nitrogens with one attached hydrogen (secondary N) is 2. The minimum absolute atomic E-state index is 0.0928. The zero-order valence-corrected chi connectivity index (χ0v) is 13.8. The Hall–Kier alpha value is -1.44. The fourth-order valence-corrected chi connectivity index (χ4v) is 2.38. The van der Waals surface area contributed by atoms with E-state index in [-0.39, 0.29) is 16.2 Å². The predicted octanol–water partition coefficient (Wildman–Crippen LogP) is 1.22. The highest BCUT2D eigenvalue weighted by molar-refractivity contribution is 7.89. The standard InChI is InChI=1S/C14H23N3O3S/c1-9-6-7-10(21(19,20)16-5)8-11(9)17-13(18)12(15)14(2,3)4/h6-8,12,16H,15H2,1-5H3,(H,17,18). The first-order chi connectivity index (χ1) is 9.49. The van der Waals surface area contributed by atoms with E-state index >= 15 is 0 Å². The van der Waals surface area contributed by atoms with Crippen LogP contribution in [0, 0.1) is 12.3 Å². The molecular weight excluding hydrogens is 290 g/mol. The van der Waals surface area contributed by atoms with Gasteiger partial charge in [-0.05, 0) is 37.1 Å². The molecule has 0 aliphatic carbocycles. The average molecular weight is 313 g/mol. The summed E-state index contributed by atoms with van der Waals surface area (Å²) >= 11 is 0. The monoisotopic (exact) mass is 313 g/mol. The van der Waals surface area contributed by atoms with Gasteiger partial charge in [0.25, 0.3) is 0 Å². The molecule has 1 aromatic rings. The maximum atomic E-state index is 12.1. The third-order valence-electron chi connectivity index (χ3n) is 3.26. The lowest BCUT2D eigenvalue weighted by Gasteiger charge is -2.26. The molecule has 0 saturated heterocycles. The van der Waals surface area contributed by atoms with Crippen LogP contribution in [0.5, 0.6) is 0 Å². The van der Waals surface area contributed by atoms with Crippen molar-refractivity contribution in [3.8, 4) is 0 Å². The van der Waals surface area contributed by atoms with Crippen LogP contribution in [0.4, 0.5) is 5.69 Å². The van der Waals surface area contributed by atoms with Gasteiger partial charge in [-0.15, -0.1) is 0 Å². The summed E-state index contributed by atoms with van der Waals surface area (Å²) in [6.07, 6.45) is 0. The number of amides is 1. The van der Waals surface area contributed by atoms with Gasteiger partial charge < -0.3 is 11.1 Å². The van der Waals surface area contributed by atoms with Crippen LogP contribution in [0.3, 0.4) is 0 Å². The van der Waals surface area contributed by atoms with Gasteiger partial charge in [0.15, 0.2) is 0 Å². The van der Waals surface area contributed by atoms with Gasteiger partial charge in [-0.3, -0.25) is 4.79 Å². The minimum Gasteiger partial charge on any atom is -0.324 e. The summed E-state index contributed by atoms with van der Waals surface area (Å²) in [6, 6.07) is 3.86. The van der Waals surface area contributed by atoms with Crippen LogP contribution in [0.1, 0.15) is 26.3 Å². The van der Waals surface area contributed by atoms with E-state index in [0.717, 1.165) is 5.56 Å². The van der Waals surface area contributed by atoms with E-state index in [9.17, 15) is 13.2 Å². The van der Waals surface area contributed by atoms with Crippen molar-refractivity contribution < 1.29 is 13.2 Å². The van der Waals surface area contributed by atoms with Gasteiger partial charge in [-0.25, -0.2) is 13.1 Å². The molecule has 7 heteroatoms. The summed E-state index contributed by atoms with van der Waals surface area (Å²) in [4.78, 5) is 12.2. The first-order valence-electron chi connectivity index (χ1n) is 6.59. The summed E-state index contributed by atoms with van der Waals surface area (Å²) in [5.41, 5.74) is 6.72. The number of carbonyl (C=O) groups excluding carboxylic acids is 1. The van der Waals surface area contributed by atoms with Crippen LogP contribution in [-0.4, -0.2) is 27.4 Å². The molecule has 1 unspecified atom stereocenters. The van der Waals surface area contributed by atoms with Gasteiger partial charge >= 0.3 is 0 Å². The molecule has 0 saturated carbocycles.